The fourth-order valence-electron chi connectivity index (χ4n) is 0.870. The lowest BCUT2D eigenvalue weighted by Crippen LogP contribution is -2.13. The molecule has 1 aromatic rings. The van der Waals surface area contributed by atoms with Crippen LogP contribution in [0.5, 0.6) is 0 Å². The Morgan fingerprint density at radius 1 is 1.13 bits per heavy atom. The minimum absolute atomic E-state index is 0.101. The summed E-state index contributed by atoms with van der Waals surface area (Å²) in [6.45, 7) is 0. The number of benzene rings is 1. The molecule has 82 valence electrons. The second kappa shape index (κ2) is 4.26. The zero-order valence-electron chi connectivity index (χ0n) is 6.83. The second-order valence-electron chi connectivity index (χ2n) is 2.51. The summed E-state index contributed by atoms with van der Waals surface area (Å²) in [7, 11) is 0. The number of hydrogen-bond donors (Lipinski definition) is 0. The molecule has 1 atom stereocenters. The van der Waals surface area contributed by atoms with Crippen LogP contribution in [0.15, 0.2) is 6.07 Å². The number of ketones is 1. The Labute approximate surface area is 89.0 Å². The molecule has 0 radical (unpaired) electrons. The number of alkyl halides is 2. The van der Waals surface area contributed by atoms with E-state index in [2.05, 4.69) is 15.9 Å². The van der Waals surface area contributed by atoms with Gasteiger partial charge in [0, 0.05) is 0 Å². The summed E-state index contributed by atoms with van der Waals surface area (Å²) in [6.07, 6.45) is 0. The molecule has 1 unspecified atom stereocenters. The average molecular weight is 289 g/mol. The fourth-order valence-corrected chi connectivity index (χ4v) is 1.12. The summed E-state index contributed by atoms with van der Waals surface area (Å²) in [5.74, 6) is -9.39. The predicted octanol–water partition coefficient (Wildman–Crippen LogP) is 3.12. The van der Waals surface area contributed by atoms with Crippen LogP contribution >= 0.6 is 15.9 Å². The maximum absolute atomic E-state index is 12.9. The van der Waals surface area contributed by atoms with E-state index in [0.717, 1.165) is 0 Å². The molecule has 1 aromatic carbocycles. The standard InChI is InChI=1S/C8H2BrF5O/c9-8(14)7(15)2-1-3(10)5(12)6(13)4(2)11/h1,8H. The molecule has 0 amide bonds. The number of Topliss-reactive ketones (excluding diaryl/α,β-unsaturated/α-hetero) is 1. The van der Waals surface area contributed by atoms with E-state index in [1.807, 2.05) is 0 Å². The molecule has 0 saturated heterocycles. The minimum Gasteiger partial charge on any atom is -0.290 e. The van der Waals surface area contributed by atoms with Gasteiger partial charge in [-0.15, -0.1) is 0 Å². The largest absolute Gasteiger partial charge is 0.290 e. The number of carbonyl (C=O) groups is 1. The smallest absolute Gasteiger partial charge is 0.217 e. The average Bonchev–Trinajstić information content (AvgIpc) is 2.19. The lowest BCUT2D eigenvalue weighted by Gasteiger charge is -2.04. The van der Waals surface area contributed by atoms with Gasteiger partial charge in [-0.25, -0.2) is 22.0 Å². The second-order valence-corrected chi connectivity index (χ2v) is 3.32. The number of rotatable bonds is 2. The Balaban J connectivity index is 3.39. The third-order valence-corrected chi connectivity index (χ3v) is 1.98. The first kappa shape index (κ1) is 12.1. The first-order valence-electron chi connectivity index (χ1n) is 3.51. The highest BCUT2D eigenvalue weighted by molar-refractivity contribution is 9.09. The van der Waals surface area contributed by atoms with Crippen molar-refractivity contribution >= 4 is 21.7 Å². The van der Waals surface area contributed by atoms with Crippen molar-refractivity contribution in [1.82, 2.24) is 0 Å². The van der Waals surface area contributed by atoms with E-state index >= 15 is 0 Å². The van der Waals surface area contributed by atoms with Crippen molar-refractivity contribution in [3.63, 3.8) is 0 Å². The van der Waals surface area contributed by atoms with Crippen molar-refractivity contribution < 1.29 is 26.7 Å². The molecule has 0 aliphatic heterocycles. The summed E-state index contributed by atoms with van der Waals surface area (Å²) >= 11 is 2.16. The quantitative estimate of drug-likeness (QED) is 0.269. The first-order valence-corrected chi connectivity index (χ1v) is 4.43. The van der Waals surface area contributed by atoms with Gasteiger partial charge < -0.3 is 0 Å². The molecule has 0 fully saturated rings. The van der Waals surface area contributed by atoms with Crippen LogP contribution in [-0.4, -0.2) is 10.9 Å². The van der Waals surface area contributed by atoms with Crippen LogP contribution in [0.1, 0.15) is 10.4 Å². The summed E-state index contributed by atoms with van der Waals surface area (Å²) in [6, 6.07) is 0.101. The highest BCUT2D eigenvalue weighted by atomic mass is 79.9. The van der Waals surface area contributed by atoms with Crippen LogP contribution in [0.3, 0.4) is 0 Å². The van der Waals surface area contributed by atoms with E-state index in [-0.39, 0.29) is 6.07 Å². The lowest BCUT2D eigenvalue weighted by molar-refractivity contribution is 0.0936. The van der Waals surface area contributed by atoms with E-state index in [1.54, 1.807) is 0 Å². The van der Waals surface area contributed by atoms with E-state index in [1.165, 1.54) is 0 Å². The van der Waals surface area contributed by atoms with Gasteiger partial charge >= 0.3 is 0 Å². The number of hydrogen-bond acceptors (Lipinski definition) is 1. The Hall–Kier alpha value is -0.980. The van der Waals surface area contributed by atoms with E-state index in [0.29, 0.717) is 0 Å². The maximum atomic E-state index is 12.9. The molecule has 0 heterocycles. The van der Waals surface area contributed by atoms with Gasteiger partial charge in [0.15, 0.2) is 23.3 Å². The van der Waals surface area contributed by atoms with Crippen molar-refractivity contribution in [2.24, 2.45) is 0 Å². The van der Waals surface area contributed by atoms with Crippen LogP contribution < -0.4 is 0 Å². The van der Waals surface area contributed by atoms with E-state index < -0.39 is 39.7 Å². The van der Waals surface area contributed by atoms with Gasteiger partial charge in [0.05, 0.1) is 5.56 Å². The highest BCUT2D eigenvalue weighted by Crippen LogP contribution is 2.21. The molecule has 7 heteroatoms. The Morgan fingerprint density at radius 3 is 2.13 bits per heavy atom. The van der Waals surface area contributed by atoms with E-state index in [9.17, 15) is 26.7 Å². The van der Waals surface area contributed by atoms with Gasteiger partial charge in [-0.2, -0.15) is 0 Å². The van der Waals surface area contributed by atoms with Gasteiger partial charge in [0.25, 0.3) is 0 Å². The van der Waals surface area contributed by atoms with Crippen molar-refractivity contribution in [1.29, 1.82) is 0 Å². The molecule has 0 aliphatic rings. The van der Waals surface area contributed by atoms with E-state index in [4.69, 9.17) is 0 Å². The van der Waals surface area contributed by atoms with Crippen molar-refractivity contribution in [3.05, 3.63) is 34.9 Å². The zero-order chi connectivity index (χ0) is 11.7. The molecule has 0 spiro atoms. The van der Waals surface area contributed by atoms with Gasteiger partial charge in [-0.1, -0.05) is 0 Å². The number of carbonyl (C=O) groups excluding carboxylic acids is 1. The number of halogens is 6. The van der Waals surface area contributed by atoms with Crippen LogP contribution in [0, 0.1) is 23.3 Å². The molecule has 0 aromatic heterocycles. The minimum atomic E-state index is -2.31. The molecule has 0 saturated carbocycles. The molecule has 1 rings (SSSR count). The monoisotopic (exact) mass is 288 g/mol. The van der Waals surface area contributed by atoms with Crippen LogP contribution in [-0.2, 0) is 0 Å². The summed E-state index contributed by atoms with van der Waals surface area (Å²) < 4.78 is 62.8. The molecule has 0 bridgehead atoms. The van der Waals surface area contributed by atoms with Crippen molar-refractivity contribution in [3.8, 4) is 0 Å². The molecule has 15 heavy (non-hydrogen) atoms. The summed E-state index contributed by atoms with van der Waals surface area (Å²) in [5, 5.41) is -2.31. The van der Waals surface area contributed by atoms with Gasteiger partial charge in [0.2, 0.25) is 10.9 Å². The fraction of sp³-hybridized carbons (Fsp3) is 0.125. The summed E-state index contributed by atoms with van der Waals surface area (Å²) in [4.78, 5) is 10.9. The van der Waals surface area contributed by atoms with Gasteiger partial charge in [-0.3, -0.25) is 4.79 Å². The third kappa shape index (κ3) is 2.17. The normalized spacial score (nSPS) is 12.7. The van der Waals surface area contributed by atoms with Crippen LogP contribution in [0.4, 0.5) is 22.0 Å². The topological polar surface area (TPSA) is 17.1 Å². The van der Waals surface area contributed by atoms with Crippen LogP contribution in [0.25, 0.3) is 0 Å². The Bertz CT molecular complexity index is 418. The molecule has 0 aliphatic carbocycles. The summed E-state index contributed by atoms with van der Waals surface area (Å²) in [5.41, 5.74) is -1.18. The molecular formula is C8H2BrF5O. The first-order chi connectivity index (χ1) is 6.86. The molecule has 0 N–H and O–H groups in total. The zero-order valence-corrected chi connectivity index (χ0v) is 8.42. The van der Waals surface area contributed by atoms with Gasteiger partial charge in [0.1, 0.15) is 0 Å². The highest BCUT2D eigenvalue weighted by Gasteiger charge is 2.26. The lowest BCUT2D eigenvalue weighted by atomic mass is 10.1. The Morgan fingerprint density at radius 2 is 1.67 bits per heavy atom. The van der Waals surface area contributed by atoms with Crippen molar-refractivity contribution in [2.75, 3.05) is 0 Å². The maximum Gasteiger partial charge on any atom is 0.217 e. The third-order valence-electron chi connectivity index (χ3n) is 1.57. The Kier molecular flexibility index (Phi) is 3.43. The predicted molar refractivity (Wildman–Crippen MR) is 44.4 cm³/mol. The SMILES string of the molecule is O=C(c1cc(F)c(F)c(F)c1F)C(F)Br. The molecular weight excluding hydrogens is 287 g/mol. The van der Waals surface area contributed by atoms with Crippen molar-refractivity contribution in [2.45, 2.75) is 5.08 Å². The van der Waals surface area contributed by atoms with Gasteiger partial charge in [-0.05, 0) is 22.0 Å². The van der Waals surface area contributed by atoms with Crippen LogP contribution in [0.2, 0.25) is 0 Å². The molecule has 1 nitrogen and oxygen atoms in total.